The molecule has 14 heavy (non-hydrogen) atoms. The molecule has 0 aliphatic carbocycles. The highest BCUT2D eigenvalue weighted by Crippen LogP contribution is 2.33. The average molecular weight is 192 g/mol. The van der Waals surface area contributed by atoms with Crippen LogP contribution in [0.2, 0.25) is 0 Å². The Kier molecular flexibility index (Phi) is 1.95. The SMILES string of the molecule is Cc1cc(C)c2c(c1)CC(C(=O)O)O2. The van der Waals surface area contributed by atoms with Crippen molar-refractivity contribution in [1.29, 1.82) is 0 Å². The van der Waals surface area contributed by atoms with Crippen LogP contribution in [0.1, 0.15) is 16.7 Å². The summed E-state index contributed by atoms with van der Waals surface area (Å²) < 4.78 is 5.35. The molecule has 3 heteroatoms. The standard InChI is InChI=1S/C11H12O3/c1-6-3-7(2)10-8(4-6)5-9(14-10)11(12)13/h3-4,9H,5H2,1-2H3,(H,12,13). The zero-order valence-corrected chi connectivity index (χ0v) is 8.20. The van der Waals surface area contributed by atoms with E-state index in [0.29, 0.717) is 6.42 Å². The number of fused-ring (bicyclic) bond motifs is 1. The van der Waals surface area contributed by atoms with E-state index in [2.05, 4.69) is 0 Å². The monoisotopic (exact) mass is 192 g/mol. The molecule has 0 amide bonds. The van der Waals surface area contributed by atoms with Crippen molar-refractivity contribution in [2.24, 2.45) is 0 Å². The highest BCUT2D eigenvalue weighted by Gasteiger charge is 2.29. The van der Waals surface area contributed by atoms with Crippen molar-refractivity contribution in [3.63, 3.8) is 0 Å². The molecule has 0 spiro atoms. The molecule has 1 unspecified atom stereocenters. The van der Waals surface area contributed by atoms with E-state index in [4.69, 9.17) is 9.84 Å². The van der Waals surface area contributed by atoms with Gasteiger partial charge in [0.05, 0.1) is 0 Å². The van der Waals surface area contributed by atoms with Crippen molar-refractivity contribution in [2.45, 2.75) is 26.4 Å². The molecule has 1 N–H and O–H groups in total. The highest BCUT2D eigenvalue weighted by atomic mass is 16.5. The Morgan fingerprint density at radius 3 is 2.86 bits per heavy atom. The van der Waals surface area contributed by atoms with Crippen LogP contribution in [0.5, 0.6) is 5.75 Å². The summed E-state index contributed by atoms with van der Waals surface area (Å²) >= 11 is 0. The van der Waals surface area contributed by atoms with Crippen molar-refractivity contribution < 1.29 is 14.6 Å². The molecule has 0 aromatic heterocycles. The van der Waals surface area contributed by atoms with Gasteiger partial charge in [-0.2, -0.15) is 0 Å². The van der Waals surface area contributed by atoms with E-state index >= 15 is 0 Å². The minimum atomic E-state index is -0.891. The Balaban J connectivity index is 2.39. The predicted octanol–water partition coefficient (Wildman–Crippen LogP) is 1.69. The summed E-state index contributed by atoms with van der Waals surface area (Å²) in [5.74, 6) is -0.138. The molecular formula is C11H12O3. The van der Waals surface area contributed by atoms with E-state index in [-0.39, 0.29) is 0 Å². The van der Waals surface area contributed by atoms with Crippen molar-refractivity contribution in [1.82, 2.24) is 0 Å². The summed E-state index contributed by atoms with van der Waals surface area (Å²) in [5.41, 5.74) is 3.18. The van der Waals surface area contributed by atoms with Gasteiger partial charge in [-0.25, -0.2) is 4.79 Å². The predicted molar refractivity (Wildman–Crippen MR) is 51.7 cm³/mol. The van der Waals surface area contributed by atoms with Gasteiger partial charge in [0.15, 0.2) is 6.10 Å². The second-order valence-corrected chi connectivity index (χ2v) is 3.72. The summed E-state index contributed by atoms with van der Waals surface area (Å²) in [7, 11) is 0. The van der Waals surface area contributed by atoms with Crippen LogP contribution in [0.25, 0.3) is 0 Å². The van der Waals surface area contributed by atoms with Crippen molar-refractivity contribution in [3.8, 4) is 5.75 Å². The minimum Gasteiger partial charge on any atom is -0.478 e. The third kappa shape index (κ3) is 1.35. The van der Waals surface area contributed by atoms with Gasteiger partial charge in [-0.1, -0.05) is 17.7 Å². The molecule has 0 radical (unpaired) electrons. The van der Waals surface area contributed by atoms with Gasteiger partial charge in [0.25, 0.3) is 0 Å². The molecule has 0 saturated carbocycles. The number of carbonyl (C=O) groups is 1. The molecule has 1 heterocycles. The summed E-state index contributed by atoms with van der Waals surface area (Å²) in [5, 5.41) is 8.82. The third-order valence-corrected chi connectivity index (χ3v) is 2.44. The summed E-state index contributed by atoms with van der Waals surface area (Å²) in [6.07, 6.45) is -0.224. The van der Waals surface area contributed by atoms with Crippen LogP contribution in [0.15, 0.2) is 12.1 Å². The lowest BCUT2D eigenvalue weighted by Gasteiger charge is -2.06. The van der Waals surface area contributed by atoms with Crippen LogP contribution < -0.4 is 4.74 Å². The van der Waals surface area contributed by atoms with Crippen LogP contribution in [0.4, 0.5) is 0 Å². The molecule has 2 rings (SSSR count). The van der Waals surface area contributed by atoms with E-state index in [1.165, 1.54) is 0 Å². The maximum absolute atomic E-state index is 10.7. The number of ether oxygens (including phenoxy) is 1. The first-order valence-corrected chi connectivity index (χ1v) is 4.57. The number of hydrogen-bond donors (Lipinski definition) is 1. The van der Waals surface area contributed by atoms with Gasteiger partial charge >= 0.3 is 5.97 Å². The summed E-state index contributed by atoms with van der Waals surface area (Å²) in [4.78, 5) is 10.7. The topological polar surface area (TPSA) is 46.5 Å². The first-order chi connectivity index (χ1) is 6.58. The van der Waals surface area contributed by atoms with Gasteiger partial charge in [0.1, 0.15) is 5.75 Å². The molecule has 0 bridgehead atoms. The molecular weight excluding hydrogens is 180 g/mol. The minimum absolute atomic E-state index is 0.479. The largest absolute Gasteiger partial charge is 0.478 e. The van der Waals surface area contributed by atoms with Crippen LogP contribution in [-0.2, 0) is 11.2 Å². The maximum Gasteiger partial charge on any atom is 0.345 e. The molecule has 0 fully saturated rings. The van der Waals surface area contributed by atoms with E-state index < -0.39 is 12.1 Å². The molecule has 1 aliphatic heterocycles. The molecule has 3 nitrogen and oxygen atoms in total. The van der Waals surface area contributed by atoms with E-state index in [1.54, 1.807) is 0 Å². The number of rotatable bonds is 1. The number of carboxylic acid groups (broad SMARTS) is 1. The molecule has 1 atom stereocenters. The highest BCUT2D eigenvalue weighted by molar-refractivity contribution is 5.75. The molecule has 1 aromatic carbocycles. The first-order valence-electron chi connectivity index (χ1n) is 4.57. The number of carboxylic acids is 1. The summed E-state index contributed by atoms with van der Waals surface area (Å²) in [6, 6.07) is 3.99. The van der Waals surface area contributed by atoms with Gasteiger partial charge < -0.3 is 9.84 Å². The van der Waals surface area contributed by atoms with E-state index in [9.17, 15) is 4.79 Å². The van der Waals surface area contributed by atoms with Gasteiger partial charge in [0, 0.05) is 6.42 Å². The van der Waals surface area contributed by atoms with Gasteiger partial charge in [0.2, 0.25) is 0 Å². The third-order valence-electron chi connectivity index (χ3n) is 2.44. The Morgan fingerprint density at radius 2 is 2.21 bits per heavy atom. The molecule has 74 valence electrons. The maximum atomic E-state index is 10.7. The van der Waals surface area contributed by atoms with Crippen LogP contribution in [0, 0.1) is 13.8 Å². The fourth-order valence-electron chi connectivity index (χ4n) is 1.88. The Hall–Kier alpha value is -1.51. The van der Waals surface area contributed by atoms with Crippen molar-refractivity contribution in [2.75, 3.05) is 0 Å². The second kappa shape index (κ2) is 3.01. The van der Waals surface area contributed by atoms with Crippen LogP contribution >= 0.6 is 0 Å². The van der Waals surface area contributed by atoms with Gasteiger partial charge in [-0.15, -0.1) is 0 Å². The quantitative estimate of drug-likeness (QED) is 0.736. The average Bonchev–Trinajstić information content (AvgIpc) is 2.47. The lowest BCUT2D eigenvalue weighted by molar-refractivity contribution is -0.144. The lowest BCUT2D eigenvalue weighted by atomic mass is 10.0. The Labute approximate surface area is 82.3 Å². The van der Waals surface area contributed by atoms with E-state index in [1.807, 2.05) is 26.0 Å². The van der Waals surface area contributed by atoms with E-state index in [0.717, 1.165) is 22.4 Å². The first kappa shape index (κ1) is 9.06. The normalized spacial score (nSPS) is 18.9. The fourth-order valence-corrected chi connectivity index (χ4v) is 1.88. The van der Waals surface area contributed by atoms with Gasteiger partial charge in [-0.05, 0) is 25.0 Å². The number of benzene rings is 1. The smallest absolute Gasteiger partial charge is 0.345 e. The Bertz CT molecular complexity index is 396. The zero-order chi connectivity index (χ0) is 10.3. The fraction of sp³-hybridized carbons (Fsp3) is 0.364. The molecule has 1 aliphatic rings. The van der Waals surface area contributed by atoms with Crippen molar-refractivity contribution in [3.05, 3.63) is 28.8 Å². The Morgan fingerprint density at radius 1 is 1.50 bits per heavy atom. The van der Waals surface area contributed by atoms with Crippen LogP contribution in [0.3, 0.4) is 0 Å². The zero-order valence-electron chi connectivity index (χ0n) is 8.20. The summed E-state index contributed by atoms with van der Waals surface area (Å²) in [6.45, 7) is 3.94. The van der Waals surface area contributed by atoms with Crippen molar-refractivity contribution >= 4 is 5.97 Å². The van der Waals surface area contributed by atoms with Gasteiger partial charge in [-0.3, -0.25) is 0 Å². The molecule has 1 aromatic rings. The van der Waals surface area contributed by atoms with Crippen LogP contribution in [-0.4, -0.2) is 17.2 Å². The number of aryl methyl sites for hydroxylation is 2. The molecule has 0 saturated heterocycles. The lowest BCUT2D eigenvalue weighted by Crippen LogP contribution is -2.24. The number of aliphatic carboxylic acids is 1. The number of hydrogen-bond acceptors (Lipinski definition) is 2. The second-order valence-electron chi connectivity index (χ2n) is 3.72.